The van der Waals surface area contributed by atoms with E-state index in [9.17, 15) is 9.90 Å². The van der Waals surface area contributed by atoms with E-state index in [1.807, 2.05) is 41.3 Å². The van der Waals surface area contributed by atoms with E-state index in [0.717, 1.165) is 37.3 Å². The number of benzene rings is 1. The van der Waals surface area contributed by atoms with Crippen LogP contribution in [0, 0.1) is 5.92 Å². The maximum Gasteiger partial charge on any atom is 0.255 e. The average Bonchev–Trinajstić information content (AvgIpc) is 2.75. The third kappa shape index (κ3) is 4.26. The Morgan fingerprint density at radius 1 is 1.10 bits per heavy atom. The molecule has 2 aliphatic rings. The smallest absolute Gasteiger partial charge is 0.255 e. The van der Waals surface area contributed by atoms with E-state index in [-0.39, 0.29) is 5.91 Å². The standard InChI is InChI=1S/C23H28ClN3O2/c1-17-8-12-27(13-9-17)22(28)18-6-7-21(25-16-18)26-14-10-23(29,11-15-26)19-4-2-3-5-20(19)24/h2-7,16-17,29H,8-15H2,1H3. The predicted molar refractivity (Wildman–Crippen MR) is 115 cm³/mol. The van der Waals surface area contributed by atoms with Gasteiger partial charge in [0.2, 0.25) is 0 Å². The van der Waals surface area contributed by atoms with Gasteiger partial charge in [0.25, 0.3) is 5.91 Å². The summed E-state index contributed by atoms with van der Waals surface area (Å²) in [5, 5.41) is 11.7. The number of rotatable bonds is 3. The van der Waals surface area contributed by atoms with Crippen LogP contribution in [0.4, 0.5) is 5.82 Å². The topological polar surface area (TPSA) is 56.7 Å². The summed E-state index contributed by atoms with van der Waals surface area (Å²) in [4.78, 5) is 21.3. The Morgan fingerprint density at radius 2 is 1.79 bits per heavy atom. The second-order valence-corrected chi connectivity index (χ2v) is 8.79. The molecule has 5 nitrogen and oxygen atoms in total. The molecule has 1 aromatic carbocycles. The van der Waals surface area contributed by atoms with Gasteiger partial charge in [-0.2, -0.15) is 0 Å². The second-order valence-electron chi connectivity index (χ2n) is 8.38. The number of hydrogen-bond donors (Lipinski definition) is 1. The summed E-state index contributed by atoms with van der Waals surface area (Å²) in [6.07, 6.45) is 5.00. The van der Waals surface area contributed by atoms with Crippen LogP contribution in [0.25, 0.3) is 0 Å². The first-order chi connectivity index (χ1) is 14.0. The van der Waals surface area contributed by atoms with E-state index in [1.54, 1.807) is 6.20 Å². The van der Waals surface area contributed by atoms with Crippen molar-refractivity contribution in [2.75, 3.05) is 31.1 Å². The zero-order valence-corrected chi connectivity index (χ0v) is 17.6. The van der Waals surface area contributed by atoms with Crippen LogP contribution in [0.1, 0.15) is 48.5 Å². The molecule has 0 aliphatic carbocycles. The number of aliphatic hydroxyl groups is 1. The van der Waals surface area contributed by atoms with Crippen molar-refractivity contribution in [1.82, 2.24) is 9.88 Å². The zero-order valence-electron chi connectivity index (χ0n) is 16.9. The Kier molecular flexibility index (Phi) is 5.79. The molecular formula is C23H28ClN3O2. The van der Waals surface area contributed by atoms with E-state index in [4.69, 9.17) is 11.6 Å². The molecule has 0 unspecified atom stereocenters. The van der Waals surface area contributed by atoms with Crippen LogP contribution in [-0.4, -0.2) is 47.1 Å². The van der Waals surface area contributed by atoms with Crippen molar-refractivity contribution >= 4 is 23.3 Å². The molecule has 2 fully saturated rings. The second kappa shape index (κ2) is 8.33. The minimum absolute atomic E-state index is 0.0719. The fourth-order valence-electron chi connectivity index (χ4n) is 4.31. The van der Waals surface area contributed by atoms with Gasteiger partial charge >= 0.3 is 0 Å². The molecule has 1 N–H and O–H groups in total. The number of carbonyl (C=O) groups excluding carboxylic acids is 1. The monoisotopic (exact) mass is 413 g/mol. The molecule has 0 spiro atoms. The van der Waals surface area contributed by atoms with Gasteiger partial charge in [-0.1, -0.05) is 36.7 Å². The molecule has 2 aromatic rings. The lowest BCUT2D eigenvalue weighted by molar-refractivity contribution is 0.0117. The van der Waals surface area contributed by atoms with Crippen LogP contribution in [0.3, 0.4) is 0 Å². The summed E-state index contributed by atoms with van der Waals surface area (Å²) in [5.41, 5.74) is 0.537. The third-order valence-corrected chi connectivity index (χ3v) is 6.69. The van der Waals surface area contributed by atoms with Gasteiger partial charge in [0.15, 0.2) is 0 Å². The number of aromatic nitrogens is 1. The van der Waals surface area contributed by atoms with E-state index in [0.29, 0.717) is 42.4 Å². The molecule has 3 heterocycles. The van der Waals surface area contributed by atoms with Gasteiger partial charge < -0.3 is 14.9 Å². The van der Waals surface area contributed by atoms with Gasteiger partial charge in [-0.25, -0.2) is 4.98 Å². The molecule has 29 heavy (non-hydrogen) atoms. The number of amides is 1. The number of pyridine rings is 1. The van der Waals surface area contributed by atoms with E-state index in [1.165, 1.54) is 0 Å². The summed E-state index contributed by atoms with van der Waals surface area (Å²) >= 11 is 6.30. The third-order valence-electron chi connectivity index (χ3n) is 6.36. The first kappa shape index (κ1) is 20.2. The van der Waals surface area contributed by atoms with Gasteiger partial charge in [0.05, 0.1) is 11.2 Å². The fourth-order valence-corrected chi connectivity index (χ4v) is 4.62. The summed E-state index contributed by atoms with van der Waals surface area (Å²) in [7, 11) is 0. The van der Waals surface area contributed by atoms with Crippen molar-refractivity contribution in [3.63, 3.8) is 0 Å². The van der Waals surface area contributed by atoms with Crippen molar-refractivity contribution in [3.05, 3.63) is 58.7 Å². The molecule has 1 amide bonds. The summed E-state index contributed by atoms with van der Waals surface area (Å²) in [5.74, 6) is 1.61. The average molecular weight is 414 g/mol. The molecule has 4 rings (SSSR count). The molecule has 2 saturated heterocycles. The fraction of sp³-hybridized carbons (Fsp3) is 0.478. The number of nitrogens with zero attached hydrogens (tertiary/aromatic N) is 3. The van der Waals surface area contributed by atoms with Crippen LogP contribution < -0.4 is 4.90 Å². The minimum Gasteiger partial charge on any atom is -0.385 e. The molecule has 0 atom stereocenters. The van der Waals surface area contributed by atoms with Gasteiger partial charge in [-0.15, -0.1) is 0 Å². The Balaban J connectivity index is 1.39. The van der Waals surface area contributed by atoms with E-state index >= 15 is 0 Å². The van der Waals surface area contributed by atoms with Gasteiger partial charge in [0, 0.05) is 43.0 Å². The van der Waals surface area contributed by atoms with Crippen LogP contribution in [0.2, 0.25) is 5.02 Å². The minimum atomic E-state index is -0.907. The van der Waals surface area contributed by atoms with Crippen LogP contribution in [0.5, 0.6) is 0 Å². The van der Waals surface area contributed by atoms with Crippen LogP contribution in [0.15, 0.2) is 42.6 Å². The number of hydrogen-bond acceptors (Lipinski definition) is 4. The molecule has 0 saturated carbocycles. The highest BCUT2D eigenvalue weighted by Gasteiger charge is 2.35. The largest absolute Gasteiger partial charge is 0.385 e. The quantitative estimate of drug-likeness (QED) is 0.823. The van der Waals surface area contributed by atoms with Crippen molar-refractivity contribution in [2.24, 2.45) is 5.92 Å². The highest BCUT2D eigenvalue weighted by atomic mass is 35.5. The van der Waals surface area contributed by atoms with Crippen molar-refractivity contribution in [3.8, 4) is 0 Å². The van der Waals surface area contributed by atoms with Crippen LogP contribution >= 0.6 is 11.6 Å². The van der Waals surface area contributed by atoms with Crippen molar-refractivity contribution < 1.29 is 9.90 Å². The van der Waals surface area contributed by atoms with E-state index in [2.05, 4.69) is 16.8 Å². The number of carbonyl (C=O) groups is 1. The number of piperidine rings is 2. The first-order valence-electron chi connectivity index (χ1n) is 10.4. The highest BCUT2D eigenvalue weighted by Crippen LogP contribution is 2.37. The van der Waals surface area contributed by atoms with Crippen LogP contribution in [-0.2, 0) is 5.60 Å². The van der Waals surface area contributed by atoms with Gasteiger partial charge in [-0.05, 0) is 49.8 Å². The number of anilines is 1. The van der Waals surface area contributed by atoms with Crippen molar-refractivity contribution in [2.45, 2.75) is 38.2 Å². The predicted octanol–water partition coefficient (Wildman–Crippen LogP) is 4.10. The lowest BCUT2D eigenvalue weighted by Crippen LogP contribution is -2.43. The van der Waals surface area contributed by atoms with Gasteiger partial charge in [-0.3, -0.25) is 4.79 Å². The highest BCUT2D eigenvalue weighted by molar-refractivity contribution is 6.31. The summed E-state index contributed by atoms with van der Waals surface area (Å²) in [6.45, 7) is 5.27. The van der Waals surface area contributed by atoms with Crippen molar-refractivity contribution in [1.29, 1.82) is 0 Å². The molecule has 2 aliphatic heterocycles. The maximum absolute atomic E-state index is 12.7. The van der Waals surface area contributed by atoms with Gasteiger partial charge in [0.1, 0.15) is 5.82 Å². The summed E-state index contributed by atoms with van der Waals surface area (Å²) < 4.78 is 0. The normalized spacial score (nSPS) is 20.0. The first-order valence-corrected chi connectivity index (χ1v) is 10.8. The lowest BCUT2D eigenvalue weighted by Gasteiger charge is -2.39. The Labute approximate surface area is 177 Å². The molecule has 6 heteroatoms. The SMILES string of the molecule is CC1CCN(C(=O)c2ccc(N3CCC(O)(c4ccccc4Cl)CC3)nc2)CC1. The Morgan fingerprint density at radius 3 is 2.41 bits per heavy atom. The van der Waals surface area contributed by atoms with E-state index < -0.39 is 5.60 Å². The molecule has 0 radical (unpaired) electrons. The zero-order chi connectivity index (χ0) is 20.4. The number of halogens is 1. The Hall–Kier alpha value is -2.11. The lowest BCUT2D eigenvalue weighted by atomic mass is 9.84. The maximum atomic E-state index is 12.7. The number of likely N-dealkylation sites (tertiary alicyclic amines) is 1. The summed E-state index contributed by atoms with van der Waals surface area (Å²) in [6, 6.07) is 11.3. The molecule has 0 bridgehead atoms. The molecule has 154 valence electrons. The molecule has 1 aromatic heterocycles. The molecular weight excluding hydrogens is 386 g/mol. The Bertz CT molecular complexity index is 855.